The van der Waals surface area contributed by atoms with Crippen molar-refractivity contribution in [3.05, 3.63) is 0 Å². The van der Waals surface area contributed by atoms with Crippen LogP contribution in [0.1, 0.15) is 39.0 Å². The van der Waals surface area contributed by atoms with E-state index in [1.54, 1.807) is 0 Å². The molecule has 0 saturated carbocycles. The number of nitrogens with two attached hydrogens (primary N) is 1. The van der Waals surface area contributed by atoms with E-state index in [2.05, 4.69) is 16.0 Å². The van der Waals surface area contributed by atoms with Gasteiger partial charge in [0, 0.05) is 7.11 Å². The van der Waals surface area contributed by atoms with Crippen molar-refractivity contribution in [2.45, 2.75) is 45.3 Å². The van der Waals surface area contributed by atoms with E-state index in [1.165, 1.54) is 0 Å². The van der Waals surface area contributed by atoms with E-state index < -0.39 is 14.1 Å². The highest BCUT2D eigenvalue weighted by atomic mass is 31.2. The van der Waals surface area contributed by atoms with Crippen LogP contribution in [0.2, 0.25) is 0 Å². The molecule has 0 aromatic carbocycles. The third-order valence-electron chi connectivity index (χ3n) is 1.84. The molecule has 0 bridgehead atoms. The Morgan fingerprint density at radius 1 is 1.43 bits per heavy atom. The number of hydrogen-bond donors (Lipinski definition) is 2. The Morgan fingerprint density at radius 3 is 2.57 bits per heavy atom. The van der Waals surface area contributed by atoms with Crippen LogP contribution in [0, 0.1) is 0 Å². The van der Waals surface area contributed by atoms with E-state index >= 15 is 0 Å². The van der Waals surface area contributed by atoms with Gasteiger partial charge in [-0.25, -0.2) is 4.57 Å². The molecule has 0 amide bonds. The summed E-state index contributed by atoms with van der Waals surface area (Å²) in [7, 11) is -2.79. The molecule has 3 N–H and O–H groups in total. The van der Waals surface area contributed by atoms with Crippen LogP contribution < -0.4 is 5.73 Å². The lowest BCUT2D eigenvalue weighted by Gasteiger charge is -2.15. The smallest absolute Gasteiger partial charge is 0.306 e. The number of hydrogen-bond acceptors (Lipinski definition) is 4. The number of phosphoric ester groups is 1. The second-order valence-electron chi connectivity index (χ2n) is 3.14. The van der Waals surface area contributed by atoms with E-state index in [9.17, 15) is 4.57 Å². The molecule has 0 spiro atoms. The zero-order valence-corrected chi connectivity index (χ0v) is 9.70. The predicted octanol–water partition coefficient (Wildman–Crippen LogP) is 2.00. The van der Waals surface area contributed by atoms with Crippen molar-refractivity contribution in [3.8, 4) is 0 Å². The molecule has 2 unspecified atom stereocenters. The molecule has 0 aliphatic heterocycles. The highest BCUT2D eigenvalue weighted by Gasteiger charge is 2.22. The lowest BCUT2D eigenvalue weighted by Crippen LogP contribution is -2.22. The van der Waals surface area contributed by atoms with Crippen molar-refractivity contribution in [2.75, 3.05) is 7.11 Å². The first-order valence-electron chi connectivity index (χ1n) is 4.84. The zero-order valence-electron chi connectivity index (χ0n) is 8.81. The van der Waals surface area contributed by atoms with Gasteiger partial charge in [0.15, 0.2) is 0 Å². The molecule has 0 heterocycles. The average molecular weight is 225 g/mol. The summed E-state index contributed by atoms with van der Waals surface area (Å²) in [6, 6.07) is 0. The maximum absolute atomic E-state index is 10.9. The average Bonchev–Trinajstić information content (AvgIpc) is 2.12. The Labute approximate surface area is 85.2 Å². The number of phosphoric acid groups is 1. The monoisotopic (exact) mass is 225 g/mol. The van der Waals surface area contributed by atoms with E-state index in [4.69, 9.17) is 10.6 Å². The van der Waals surface area contributed by atoms with Gasteiger partial charge in [0.25, 0.3) is 0 Å². The van der Waals surface area contributed by atoms with Crippen LogP contribution in [0.4, 0.5) is 0 Å². The first-order chi connectivity index (χ1) is 6.52. The Hall–Kier alpha value is 0.0700. The summed E-state index contributed by atoms with van der Waals surface area (Å²) in [5.74, 6) is 0. The highest BCUT2D eigenvalue weighted by Crippen LogP contribution is 2.43. The fourth-order valence-electron chi connectivity index (χ4n) is 1.04. The van der Waals surface area contributed by atoms with E-state index in [1.807, 2.05) is 0 Å². The van der Waals surface area contributed by atoms with Gasteiger partial charge in [-0.05, 0) is 12.8 Å². The van der Waals surface area contributed by atoms with E-state index in [0.717, 1.165) is 32.8 Å². The Balaban J connectivity index is 3.55. The van der Waals surface area contributed by atoms with Gasteiger partial charge in [0.05, 0.1) is 0 Å². The Kier molecular flexibility index (Phi) is 7.41. The molecule has 2 atom stereocenters. The van der Waals surface area contributed by atoms with Gasteiger partial charge in [-0.15, -0.1) is 0 Å². The van der Waals surface area contributed by atoms with Crippen molar-refractivity contribution >= 4 is 7.82 Å². The van der Waals surface area contributed by atoms with Gasteiger partial charge < -0.3 is 10.6 Å². The molecule has 86 valence electrons. The Morgan fingerprint density at radius 2 is 2.07 bits per heavy atom. The molecular formula is C8H20NO4P. The molecule has 0 rings (SSSR count). The molecule has 0 fully saturated rings. The highest BCUT2D eigenvalue weighted by molar-refractivity contribution is 7.47. The second kappa shape index (κ2) is 7.37. The van der Waals surface area contributed by atoms with E-state index in [-0.39, 0.29) is 0 Å². The van der Waals surface area contributed by atoms with Gasteiger partial charge >= 0.3 is 7.82 Å². The molecule has 0 saturated heterocycles. The predicted molar refractivity (Wildman–Crippen MR) is 54.7 cm³/mol. The van der Waals surface area contributed by atoms with Crippen molar-refractivity contribution in [1.29, 1.82) is 0 Å². The van der Waals surface area contributed by atoms with E-state index in [0.29, 0.717) is 6.42 Å². The molecule has 0 aliphatic rings. The molecule has 0 radical (unpaired) electrons. The fourth-order valence-corrected chi connectivity index (χ4v) is 1.57. The molecule has 5 nitrogen and oxygen atoms in total. The summed E-state index contributed by atoms with van der Waals surface area (Å²) < 4.78 is 19.8. The van der Waals surface area contributed by atoms with Crippen LogP contribution in [-0.2, 0) is 13.6 Å². The number of rotatable bonds is 8. The fraction of sp³-hybridized carbons (Fsp3) is 1.00. The van der Waals surface area contributed by atoms with Crippen LogP contribution in [0.5, 0.6) is 0 Å². The minimum absolute atomic E-state index is 0.577. The summed E-state index contributed by atoms with van der Waals surface area (Å²) in [5, 5.41) is 0. The van der Waals surface area contributed by atoms with Crippen molar-refractivity contribution < 1.29 is 18.5 Å². The summed E-state index contributed by atoms with van der Waals surface area (Å²) in [6.07, 6.45) is 4.12. The van der Waals surface area contributed by atoms with Crippen LogP contribution >= 0.6 is 7.82 Å². The van der Waals surface area contributed by atoms with Gasteiger partial charge in [0.2, 0.25) is 0 Å². The summed E-state index contributed by atoms with van der Waals surface area (Å²) >= 11 is 0. The van der Waals surface area contributed by atoms with Crippen LogP contribution in [-0.4, -0.2) is 18.2 Å². The molecule has 0 aliphatic carbocycles. The van der Waals surface area contributed by atoms with Crippen molar-refractivity contribution in [3.63, 3.8) is 0 Å². The van der Waals surface area contributed by atoms with Gasteiger partial charge in [-0.1, -0.05) is 26.2 Å². The molecule has 0 aromatic rings. The molecule has 14 heavy (non-hydrogen) atoms. The number of unbranched alkanes of at least 4 members (excludes halogenated alkanes) is 3. The van der Waals surface area contributed by atoms with Crippen molar-refractivity contribution in [2.24, 2.45) is 5.73 Å². The topological polar surface area (TPSA) is 81.8 Å². The first-order valence-corrected chi connectivity index (χ1v) is 6.34. The lowest BCUT2D eigenvalue weighted by molar-refractivity contribution is 0.115. The largest absolute Gasteiger partial charge is 0.473 e. The lowest BCUT2D eigenvalue weighted by atomic mass is 10.1. The Bertz CT molecular complexity index is 188. The quantitative estimate of drug-likeness (QED) is 0.375. The SMILES string of the molecule is CCCCCCC(N)OP(=O)(O)OC. The van der Waals surface area contributed by atoms with Gasteiger partial charge in [-0.3, -0.25) is 9.05 Å². The third kappa shape index (κ3) is 7.47. The maximum atomic E-state index is 10.9. The van der Waals surface area contributed by atoms with Crippen molar-refractivity contribution in [1.82, 2.24) is 0 Å². The molecular weight excluding hydrogens is 205 g/mol. The van der Waals surface area contributed by atoms with Gasteiger partial charge in [-0.2, -0.15) is 0 Å². The summed E-state index contributed by atoms with van der Waals surface area (Å²) in [6.45, 7) is 2.11. The zero-order chi connectivity index (χ0) is 11.0. The summed E-state index contributed by atoms with van der Waals surface area (Å²) in [4.78, 5) is 8.93. The molecule has 6 heteroatoms. The second-order valence-corrected chi connectivity index (χ2v) is 4.66. The minimum atomic E-state index is -3.91. The third-order valence-corrected chi connectivity index (χ3v) is 2.84. The maximum Gasteiger partial charge on any atom is 0.473 e. The minimum Gasteiger partial charge on any atom is -0.306 e. The first kappa shape index (κ1) is 14.1. The standard InChI is InChI=1S/C8H20NO4P/c1-3-4-5-6-7-8(9)13-14(10,11)12-2/h8H,3-7,9H2,1-2H3,(H,10,11). The van der Waals surface area contributed by atoms with Gasteiger partial charge in [0.1, 0.15) is 6.23 Å². The van der Waals surface area contributed by atoms with Crippen LogP contribution in [0.3, 0.4) is 0 Å². The summed E-state index contributed by atoms with van der Waals surface area (Å²) in [5.41, 5.74) is 5.48. The van der Waals surface area contributed by atoms with Crippen LogP contribution in [0.25, 0.3) is 0 Å². The molecule has 0 aromatic heterocycles. The van der Waals surface area contributed by atoms with Crippen LogP contribution in [0.15, 0.2) is 0 Å². The normalized spacial score (nSPS) is 17.7.